The van der Waals surface area contributed by atoms with Crippen LogP contribution in [0.3, 0.4) is 0 Å². The smallest absolute Gasteiger partial charge is 0.184 e. The van der Waals surface area contributed by atoms with Crippen molar-refractivity contribution in [3.63, 3.8) is 0 Å². The van der Waals surface area contributed by atoms with E-state index in [1.807, 2.05) is 30.3 Å². The topological polar surface area (TPSA) is 73.8 Å². The highest BCUT2D eigenvalue weighted by Gasteiger charge is 2.35. The summed E-state index contributed by atoms with van der Waals surface area (Å²) < 4.78 is 1.57. The van der Waals surface area contributed by atoms with Gasteiger partial charge in [0.25, 0.3) is 0 Å². The summed E-state index contributed by atoms with van der Waals surface area (Å²) in [4.78, 5) is 12.3. The second kappa shape index (κ2) is 4.59. The lowest BCUT2D eigenvalue weighted by Gasteiger charge is -2.37. The molecule has 0 spiro atoms. The molecule has 1 aliphatic carbocycles. The second-order valence-electron chi connectivity index (χ2n) is 5.18. The molecule has 1 saturated carbocycles. The summed E-state index contributed by atoms with van der Waals surface area (Å²) in [5.41, 5.74) is 7.15. The quantitative estimate of drug-likeness (QED) is 0.845. The Morgan fingerprint density at radius 2 is 2.05 bits per heavy atom. The van der Waals surface area contributed by atoms with Gasteiger partial charge in [-0.2, -0.15) is 0 Å². The summed E-state index contributed by atoms with van der Waals surface area (Å²) in [6, 6.07) is 9.52. The van der Waals surface area contributed by atoms with Gasteiger partial charge in [-0.25, -0.2) is 4.68 Å². The van der Waals surface area contributed by atoms with Crippen molar-refractivity contribution in [2.75, 3.05) is 0 Å². The first-order valence-corrected chi connectivity index (χ1v) is 6.46. The maximum Gasteiger partial charge on any atom is 0.184 e. The van der Waals surface area contributed by atoms with Crippen LogP contribution in [0, 0.1) is 0 Å². The van der Waals surface area contributed by atoms with Crippen LogP contribution in [0.2, 0.25) is 0 Å². The minimum absolute atomic E-state index is 0.0102. The number of nitrogens with zero attached hydrogens (tertiary/aromatic N) is 3. The van der Waals surface area contributed by atoms with Gasteiger partial charge in [-0.05, 0) is 31.4 Å². The Kier molecular flexibility index (Phi) is 2.91. The van der Waals surface area contributed by atoms with E-state index < -0.39 is 0 Å². The molecule has 2 aromatic rings. The first-order valence-electron chi connectivity index (χ1n) is 6.46. The van der Waals surface area contributed by atoms with Gasteiger partial charge >= 0.3 is 0 Å². The van der Waals surface area contributed by atoms with Gasteiger partial charge in [-0.15, -0.1) is 5.10 Å². The van der Waals surface area contributed by atoms with Gasteiger partial charge in [0, 0.05) is 12.0 Å². The fourth-order valence-electron chi connectivity index (χ4n) is 2.40. The first-order chi connectivity index (χ1) is 9.18. The number of benzene rings is 1. The number of rotatable bonds is 4. The highest BCUT2D eigenvalue weighted by atomic mass is 16.1. The highest BCUT2D eigenvalue weighted by Crippen LogP contribution is 2.33. The molecule has 0 amide bonds. The van der Waals surface area contributed by atoms with Crippen molar-refractivity contribution < 1.29 is 4.79 Å². The van der Waals surface area contributed by atoms with Crippen LogP contribution in [0.25, 0.3) is 5.69 Å². The molecule has 1 aromatic carbocycles. The number of carbonyl (C=O) groups excluding carboxylic acids is 1. The van der Waals surface area contributed by atoms with Crippen LogP contribution in [0.5, 0.6) is 0 Å². The highest BCUT2D eigenvalue weighted by molar-refractivity contribution is 5.95. The Balaban J connectivity index is 1.86. The Labute approximate surface area is 111 Å². The Hall–Kier alpha value is -2.01. The van der Waals surface area contributed by atoms with Gasteiger partial charge in [-0.1, -0.05) is 23.4 Å². The van der Waals surface area contributed by atoms with Crippen molar-refractivity contribution >= 4 is 5.78 Å². The van der Waals surface area contributed by atoms with Gasteiger partial charge in [0.15, 0.2) is 5.78 Å². The van der Waals surface area contributed by atoms with Crippen molar-refractivity contribution in [1.29, 1.82) is 0 Å². The second-order valence-corrected chi connectivity index (χ2v) is 5.18. The Morgan fingerprint density at radius 1 is 1.32 bits per heavy atom. The molecule has 98 valence electrons. The van der Waals surface area contributed by atoms with Gasteiger partial charge in [0.1, 0.15) is 5.69 Å². The lowest BCUT2D eigenvalue weighted by Crippen LogP contribution is -2.48. The summed E-state index contributed by atoms with van der Waals surface area (Å²) in [6.45, 7) is 0. The summed E-state index contributed by atoms with van der Waals surface area (Å²) in [5.74, 6) is 0.0102. The van der Waals surface area contributed by atoms with E-state index in [2.05, 4.69) is 10.3 Å². The van der Waals surface area contributed by atoms with Crippen LogP contribution in [0.4, 0.5) is 0 Å². The molecule has 1 fully saturated rings. The molecule has 19 heavy (non-hydrogen) atoms. The molecule has 2 N–H and O–H groups in total. The molecular weight excluding hydrogens is 240 g/mol. The van der Waals surface area contributed by atoms with Crippen molar-refractivity contribution in [2.45, 2.75) is 31.2 Å². The number of nitrogens with two attached hydrogens (primary N) is 1. The molecule has 0 bridgehead atoms. The van der Waals surface area contributed by atoms with E-state index in [0.717, 1.165) is 24.9 Å². The van der Waals surface area contributed by atoms with E-state index >= 15 is 0 Å². The van der Waals surface area contributed by atoms with Gasteiger partial charge in [-0.3, -0.25) is 4.79 Å². The zero-order valence-corrected chi connectivity index (χ0v) is 10.6. The van der Waals surface area contributed by atoms with E-state index in [4.69, 9.17) is 5.73 Å². The third kappa shape index (κ3) is 2.29. The summed E-state index contributed by atoms with van der Waals surface area (Å²) >= 11 is 0. The van der Waals surface area contributed by atoms with Crippen molar-refractivity contribution in [3.8, 4) is 5.69 Å². The molecular formula is C14H16N4O. The number of hydrogen-bond donors (Lipinski definition) is 1. The Morgan fingerprint density at radius 3 is 2.68 bits per heavy atom. The zero-order chi connectivity index (χ0) is 13.3. The normalized spacial score (nSPS) is 16.9. The third-order valence-corrected chi connectivity index (χ3v) is 3.70. The molecule has 0 aliphatic heterocycles. The van der Waals surface area contributed by atoms with Crippen LogP contribution < -0.4 is 5.73 Å². The van der Waals surface area contributed by atoms with Crippen LogP contribution in [-0.2, 0) is 0 Å². The number of hydrogen-bond acceptors (Lipinski definition) is 4. The molecule has 1 aromatic heterocycles. The van der Waals surface area contributed by atoms with E-state index in [1.54, 1.807) is 4.68 Å². The average Bonchev–Trinajstić information content (AvgIpc) is 2.87. The van der Waals surface area contributed by atoms with Gasteiger partial charge in [0.05, 0.1) is 11.9 Å². The number of carbonyl (C=O) groups is 1. The van der Waals surface area contributed by atoms with E-state index in [-0.39, 0.29) is 11.3 Å². The molecule has 5 nitrogen and oxygen atoms in total. The zero-order valence-electron chi connectivity index (χ0n) is 10.6. The number of Topliss-reactive ketones (excluding diaryl/α,β-unsaturated/α-hetero) is 1. The monoisotopic (exact) mass is 256 g/mol. The molecule has 0 radical (unpaired) electrons. The fourth-order valence-corrected chi connectivity index (χ4v) is 2.40. The van der Waals surface area contributed by atoms with E-state index in [9.17, 15) is 4.79 Å². The van der Waals surface area contributed by atoms with Gasteiger partial charge in [0.2, 0.25) is 0 Å². The molecule has 0 saturated heterocycles. The van der Waals surface area contributed by atoms with Crippen molar-refractivity contribution in [2.24, 2.45) is 5.73 Å². The fraction of sp³-hybridized carbons (Fsp3) is 0.357. The van der Waals surface area contributed by atoms with Crippen LogP contribution in [0.15, 0.2) is 36.5 Å². The maximum absolute atomic E-state index is 12.3. The van der Waals surface area contributed by atoms with Crippen molar-refractivity contribution in [3.05, 3.63) is 42.2 Å². The molecule has 0 unspecified atom stereocenters. The SMILES string of the molecule is NC1(CC(=O)c2cnnn2-c2ccccc2)CCC1. The van der Waals surface area contributed by atoms with E-state index in [0.29, 0.717) is 12.1 Å². The molecule has 1 heterocycles. The number of aromatic nitrogens is 3. The lowest BCUT2D eigenvalue weighted by atomic mass is 9.74. The summed E-state index contributed by atoms with van der Waals surface area (Å²) in [7, 11) is 0. The average molecular weight is 256 g/mol. The van der Waals surface area contributed by atoms with Crippen LogP contribution >= 0.6 is 0 Å². The predicted molar refractivity (Wildman–Crippen MR) is 71.1 cm³/mol. The Bertz CT molecular complexity index is 587. The standard InChI is InChI=1S/C14H16N4O/c15-14(7-4-8-14)9-13(19)12-10-16-17-18(12)11-5-2-1-3-6-11/h1-3,5-6,10H,4,7-9,15H2. The third-order valence-electron chi connectivity index (χ3n) is 3.70. The molecule has 3 rings (SSSR count). The molecule has 5 heteroatoms. The predicted octanol–water partition coefficient (Wildman–Crippen LogP) is 1.72. The maximum atomic E-state index is 12.3. The molecule has 1 aliphatic rings. The van der Waals surface area contributed by atoms with E-state index in [1.165, 1.54) is 6.20 Å². The van der Waals surface area contributed by atoms with Crippen molar-refractivity contribution in [1.82, 2.24) is 15.0 Å². The minimum Gasteiger partial charge on any atom is -0.325 e. The summed E-state index contributed by atoms with van der Waals surface area (Å²) in [5, 5.41) is 7.83. The van der Waals surface area contributed by atoms with Crippen LogP contribution in [0.1, 0.15) is 36.2 Å². The number of ketones is 1. The largest absolute Gasteiger partial charge is 0.325 e. The lowest BCUT2D eigenvalue weighted by molar-refractivity contribution is 0.0904. The van der Waals surface area contributed by atoms with Crippen LogP contribution in [-0.4, -0.2) is 26.3 Å². The first kappa shape index (κ1) is 12.0. The minimum atomic E-state index is -0.317. The molecule has 0 atom stereocenters. The number of para-hydroxylation sites is 1. The summed E-state index contributed by atoms with van der Waals surface area (Å²) in [6.07, 6.45) is 4.84. The van der Waals surface area contributed by atoms with Gasteiger partial charge < -0.3 is 5.73 Å².